The SMILES string of the molecule is Cc1cccc(C)c1COc1cccc(C#CCCO)c1. The molecule has 0 unspecified atom stereocenters. The van der Waals surface area contributed by atoms with Crippen molar-refractivity contribution in [2.75, 3.05) is 6.61 Å². The summed E-state index contributed by atoms with van der Waals surface area (Å²) in [6.45, 7) is 4.85. The molecule has 2 heteroatoms. The van der Waals surface area contributed by atoms with Gasteiger partial charge in [-0.15, -0.1) is 0 Å². The lowest BCUT2D eigenvalue weighted by atomic mass is 10.0. The molecule has 2 nitrogen and oxygen atoms in total. The minimum atomic E-state index is 0.0930. The number of hydrogen-bond acceptors (Lipinski definition) is 2. The summed E-state index contributed by atoms with van der Waals surface area (Å²) in [6.07, 6.45) is 0.494. The monoisotopic (exact) mass is 280 g/mol. The van der Waals surface area contributed by atoms with Crippen LogP contribution in [0.2, 0.25) is 0 Å². The maximum absolute atomic E-state index is 8.73. The topological polar surface area (TPSA) is 29.5 Å². The van der Waals surface area contributed by atoms with Crippen molar-refractivity contribution in [1.29, 1.82) is 0 Å². The van der Waals surface area contributed by atoms with Crippen LogP contribution in [0.3, 0.4) is 0 Å². The van der Waals surface area contributed by atoms with Crippen LogP contribution < -0.4 is 4.74 Å². The molecule has 0 spiro atoms. The van der Waals surface area contributed by atoms with E-state index >= 15 is 0 Å². The van der Waals surface area contributed by atoms with E-state index in [1.54, 1.807) is 0 Å². The van der Waals surface area contributed by atoms with Gasteiger partial charge in [0.2, 0.25) is 0 Å². The second-order valence-electron chi connectivity index (χ2n) is 4.96. The zero-order chi connectivity index (χ0) is 15.1. The number of aryl methyl sites for hydroxylation is 2. The molecule has 0 aliphatic rings. The summed E-state index contributed by atoms with van der Waals surface area (Å²) in [6, 6.07) is 14.0. The van der Waals surface area contributed by atoms with E-state index in [-0.39, 0.29) is 6.61 Å². The van der Waals surface area contributed by atoms with Crippen molar-refractivity contribution in [1.82, 2.24) is 0 Å². The number of hydrogen-bond donors (Lipinski definition) is 1. The van der Waals surface area contributed by atoms with Crippen molar-refractivity contribution in [3.63, 3.8) is 0 Å². The molecule has 21 heavy (non-hydrogen) atoms. The highest BCUT2D eigenvalue weighted by Crippen LogP contribution is 2.18. The van der Waals surface area contributed by atoms with Crippen molar-refractivity contribution in [2.24, 2.45) is 0 Å². The minimum absolute atomic E-state index is 0.0930. The van der Waals surface area contributed by atoms with Gasteiger partial charge in [0.05, 0.1) is 6.61 Å². The maximum Gasteiger partial charge on any atom is 0.121 e. The van der Waals surface area contributed by atoms with E-state index in [2.05, 4.69) is 43.9 Å². The van der Waals surface area contributed by atoms with E-state index in [0.29, 0.717) is 13.0 Å². The summed E-state index contributed by atoms with van der Waals surface area (Å²) in [5.41, 5.74) is 4.62. The van der Waals surface area contributed by atoms with Crippen LogP contribution in [0.15, 0.2) is 42.5 Å². The summed E-state index contributed by atoms with van der Waals surface area (Å²) in [5.74, 6) is 6.75. The summed E-state index contributed by atoms with van der Waals surface area (Å²) >= 11 is 0. The van der Waals surface area contributed by atoms with E-state index in [9.17, 15) is 0 Å². The Morgan fingerprint density at radius 2 is 1.76 bits per heavy atom. The highest BCUT2D eigenvalue weighted by Gasteiger charge is 2.03. The Labute approximate surface area is 126 Å². The molecule has 2 rings (SSSR count). The van der Waals surface area contributed by atoms with Crippen molar-refractivity contribution in [3.8, 4) is 17.6 Å². The number of aliphatic hydroxyl groups excluding tert-OH is 1. The fraction of sp³-hybridized carbons (Fsp3) is 0.263. The Morgan fingerprint density at radius 1 is 1.05 bits per heavy atom. The Hall–Kier alpha value is -2.24. The molecule has 0 aliphatic carbocycles. The van der Waals surface area contributed by atoms with Crippen LogP contribution in [0.5, 0.6) is 5.75 Å². The van der Waals surface area contributed by atoms with Crippen LogP contribution in [0.25, 0.3) is 0 Å². The third kappa shape index (κ3) is 4.37. The van der Waals surface area contributed by atoms with E-state index in [1.807, 2.05) is 24.3 Å². The third-order valence-corrected chi connectivity index (χ3v) is 3.33. The lowest BCUT2D eigenvalue weighted by molar-refractivity contribution is 0.304. The van der Waals surface area contributed by atoms with Gasteiger partial charge in [-0.25, -0.2) is 0 Å². The molecule has 2 aromatic carbocycles. The summed E-state index contributed by atoms with van der Waals surface area (Å²) < 4.78 is 5.88. The van der Waals surface area contributed by atoms with Gasteiger partial charge in [-0.05, 0) is 48.7 Å². The van der Waals surface area contributed by atoms with E-state index in [0.717, 1.165) is 11.3 Å². The number of rotatable bonds is 4. The van der Waals surface area contributed by atoms with Crippen molar-refractivity contribution < 1.29 is 9.84 Å². The molecule has 2 aromatic rings. The normalized spacial score (nSPS) is 9.86. The summed E-state index contributed by atoms with van der Waals surface area (Å²) in [4.78, 5) is 0. The Bertz CT molecular complexity index is 643. The first-order valence-electron chi connectivity index (χ1n) is 7.08. The summed E-state index contributed by atoms with van der Waals surface area (Å²) in [7, 11) is 0. The van der Waals surface area contributed by atoms with E-state index < -0.39 is 0 Å². The van der Waals surface area contributed by atoms with Gasteiger partial charge in [-0.3, -0.25) is 0 Å². The summed E-state index contributed by atoms with van der Waals surface area (Å²) in [5, 5.41) is 8.73. The second kappa shape index (κ2) is 7.52. The molecule has 1 N–H and O–H groups in total. The van der Waals surface area contributed by atoms with Crippen LogP contribution in [-0.4, -0.2) is 11.7 Å². The van der Waals surface area contributed by atoms with Crippen LogP contribution in [0.4, 0.5) is 0 Å². The lowest BCUT2D eigenvalue weighted by Crippen LogP contribution is -2.00. The first-order chi connectivity index (χ1) is 10.2. The third-order valence-electron chi connectivity index (χ3n) is 3.33. The van der Waals surface area contributed by atoms with Crippen molar-refractivity contribution in [2.45, 2.75) is 26.9 Å². The first kappa shape index (κ1) is 15.2. The highest BCUT2D eigenvalue weighted by atomic mass is 16.5. The van der Waals surface area contributed by atoms with Gasteiger partial charge in [0, 0.05) is 12.0 Å². The van der Waals surface area contributed by atoms with Gasteiger partial charge in [0.15, 0.2) is 0 Å². The fourth-order valence-electron chi connectivity index (χ4n) is 2.12. The molecule has 0 saturated carbocycles. The molecular weight excluding hydrogens is 260 g/mol. The van der Waals surface area contributed by atoms with Gasteiger partial charge in [-0.1, -0.05) is 36.1 Å². The van der Waals surface area contributed by atoms with E-state index in [1.165, 1.54) is 16.7 Å². The first-order valence-corrected chi connectivity index (χ1v) is 7.08. The molecule has 0 amide bonds. The molecule has 0 bridgehead atoms. The average molecular weight is 280 g/mol. The maximum atomic E-state index is 8.73. The van der Waals surface area contributed by atoms with Gasteiger partial charge in [0.1, 0.15) is 12.4 Å². The zero-order valence-electron chi connectivity index (χ0n) is 12.5. The van der Waals surface area contributed by atoms with Crippen molar-refractivity contribution >= 4 is 0 Å². The van der Waals surface area contributed by atoms with Gasteiger partial charge >= 0.3 is 0 Å². The largest absolute Gasteiger partial charge is 0.489 e. The Kier molecular flexibility index (Phi) is 5.43. The molecule has 108 valence electrons. The van der Waals surface area contributed by atoms with Crippen LogP contribution in [-0.2, 0) is 6.61 Å². The fourth-order valence-corrected chi connectivity index (χ4v) is 2.12. The predicted octanol–water partition coefficient (Wildman–Crippen LogP) is 3.62. The number of benzene rings is 2. The predicted molar refractivity (Wildman–Crippen MR) is 85.3 cm³/mol. The van der Waals surface area contributed by atoms with Gasteiger partial charge in [0.25, 0.3) is 0 Å². The van der Waals surface area contributed by atoms with E-state index in [4.69, 9.17) is 9.84 Å². The number of aliphatic hydroxyl groups is 1. The quantitative estimate of drug-likeness (QED) is 0.867. The average Bonchev–Trinajstić information content (AvgIpc) is 2.47. The molecular formula is C19H20O2. The molecule has 0 aliphatic heterocycles. The van der Waals surface area contributed by atoms with Crippen LogP contribution in [0, 0.1) is 25.7 Å². The molecule has 0 aromatic heterocycles. The molecule has 0 radical (unpaired) electrons. The Morgan fingerprint density at radius 3 is 2.48 bits per heavy atom. The number of ether oxygens (including phenoxy) is 1. The van der Waals surface area contributed by atoms with Gasteiger partial charge in [-0.2, -0.15) is 0 Å². The minimum Gasteiger partial charge on any atom is -0.489 e. The van der Waals surface area contributed by atoms with Crippen LogP contribution >= 0.6 is 0 Å². The zero-order valence-corrected chi connectivity index (χ0v) is 12.5. The Balaban J connectivity index is 2.07. The molecule has 0 atom stereocenters. The lowest BCUT2D eigenvalue weighted by Gasteiger charge is -2.11. The van der Waals surface area contributed by atoms with Crippen LogP contribution in [0.1, 0.15) is 28.7 Å². The smallest absolute Gasteiger partial charge is 0.121 e. The van der Waals surface area contributed by atoms with Crippen molar-refractivity contribution in [3.05, 3.63) is 64.7 Å². The molecule has 0 fully saturated rings. The highest BCUT2D eigenvalue weighted by molar-refractivity contribution is 5.40. The molecule has 0 saturated heterocycles. The molecule has 0 heterocycles. The van der Waals surface area contributed by atoms with Gasteiger partial charge < -0.3 is 9.84 Å². The standard InChI is InChI=1S/C19H20O2/c1-15-7-5-8-16(2)19(15)14-21-18-11-6-10-17(13-18)9-3-4-12-20/h5-8,10-11,13,20H,4,12,14H2,1-2H3. The second-order valence-corrected chi connectivity index (χ2v) is 4.96.